The minimum absolute atomic E-state index is 0.104. The van der Waals surface area contributed by atoms with Crippen LogP contribution in [-0.2, 0) is 4.79 Å². The third kappa shape index (κ3) is 3.53. The predicted molar refractivity (Wildman–Crippen MR) is 114 cm³/mol. The van der Waals surface area contributed by atoms with Gasteiger partial charge in [-0.1, -0.05) is 54.6 Å². The van der Waals surface area contributed by atoms with Gasteiger partial charge >= 0.3 is 0 Å². The van der Waals surface area contributed by atoms with Crippen LogP contribution in [0.25, 0.3) is 21.7 Å². The maximum absolute atomic E-state index is 13.0. The smallest absolute Gasteiger partial charge is 0.237 e. The summed E-state index contributed by atoms with van der Waals surface area (Å²) in [6.07, 6.45) is 1.79. The highest BCUT2D eigenvalue weighted by Gasteiger charge is 2.17. The van der Waals surface area contributed by atoms with E-state index < -0.39 is 0 Å². The molecule has 0 saturated carbocycles. The van der Waals surface area contributed by atoms with Crippen LogP contribution < -0.4 is 4.90 Å². The first-order valence-corrected chi connectivity index (χ1v) is 10.0. The Balaban J connectivity index is 1.59. The summed E-state index contributed by atoms with van der Waals surface area (Å²) in [6.45, 7) is 2.66. The predicted octanol–water partition coefficient (Wildman–Crippen LogP) is 5.53. The van der Waals surface area contributed by atoms with Crippen molar-refractivity contribution >= 4 is 45.0 Å². The van der Waals surface area contributed by atoms with Gasteiger partial charge in [-0.15, -0.1) is 11.8 Å². The van der Waals surface area contributed by atoms with Crippen LogP contribution >= 0.6 is 11.8 Å². The molecular weight excluding hydrogens is 352 g/mol. The standard InChI is InChI=1S/C23H20N2OS/c1-2-25(20-13-5-9-17-8-3-4-12-19(17)20)22(26)16-27-21-14-6-10-18-11-7-15-24-23(18)21/h3-15H,2,16H2,1H3. The number of hydrogen-bond acceptors (Lipinski definition) is 3. The van der Waals surface area contributed by atoms with Crippen LogP contribution in [0.2, 0.25) is 0 Å². The zero-order valence-corrected chi connectivity index (χ0v) is 15.9. The van der Waals surface area contributed by atoms with Gasteiger partial charge in [0.05, 0.1) is 17.0 Å². The number of pyridine rings is 1. The second-order valence-electron chi connectivity index (χ2n) is 6.26. The lowest BCUT2D eigenvalue weighted by Gasteiger charge is -2.22. The Hall–Kier alpha value is -2.85. The number of carbonyl (C=O) groups is 1. The van der Waals surface area contributed by atoms with Crippen LogP contribution in [0.4, 0.5) is 5.69 Å². The Morgan fingerprint density at radius 3 is 2.56 bits per heavy atom. The Morgan fingerprint density at radius 2 is 1.67 bits per heavy atom. The van der Waals surface area contributed by atoms with Crippen molar-refractivity contribution in [2.24, 2.45) is 0 Å². The molecule has 4 rings (SSSR count). The summed E-state index contributed by atoms with van der Waals surface area (Å²) in [7, 11) is 0. The Kier molecular flexibility index (Phi) is 5.07. The molecule has 1 aromatic heterocycles. The number of benzene rings is 3. The number of amides is 1. The molecule has 0 bridgehead atoms. The van der Waals surface area contributed by atoms with Crippen molar-refractivity contribution < 1.29 is 4.79 Å². The molecule has 3 nitrogen and oxygen atoms in total. The number of fused-ring (bicyclic) bond motifs is 2. The summed E-state index contributed by atoms with van der Waals surface area (Å²) < 4.78 is 0. The lowest BCUT2D eigenvalue weighted by molar-refractivity contribution is -0.116. The minimum atomic E-state index is 0.104. The van der Waals surface area contributed by atoms with Crippen LogP contribution in [0, 0.1) is 0 Å². The summed E-state index contributed by atoms with van der Waals surface area (Å²) in [5.74, 6) is 0.485. The SMILES string of the molecule is CCN(C(=O)CSc1cccc2cccnc12)c1cccc2ccccc12. The van der Waals surface area contributed by atoms with Gasteiger partial charge in [-0.3, -0.25) is 9.78 Å². The molecule has 0 spiro atoms. The van der Waals surface area contributed by atoms with Crippen molar-refractivity contribution in [2.45, 2.75) is 11.8 Å². The Bertz CT molecular complexity index is 1100. The average Bonchev–Trinajstić information content (AvgIpc) is 2.73. The Labute approximate surface area is 163 Å². The highest BCUT2D eigenvalue weighted by Crippen LogP contribution is 2.29. The number of nitrogens with zero attached hydrogens (tertiary/aromatic N) is 2. The monoisotopic (exact) mass is 372 g/mol. The van der Waals surface area contributed by atoms with Crippen LogP contribution in [0.15, 0.2) is 83.9 Å². The van der Waals surface area contributed by atoms with Crippen molar-refractivity contribution in [3.8, 4) is 0 Å². The molecule has 1 amide bonds. The summed E-state index contributed by atoms with van der Waals surface area (Å²) in [5.41, 5.74) is 1.92. The molecule has 0 saturated heterocycles. The largest absolute Gasteiger partial charge is 0.311 e. The third-order valence-electron chi connectivity index (χ3n) is 4.62. The fourth-order valence-electron chi connectivity index (χ4n) is 3.33. The number of rotatable bonds is 5. The number of aromatic nitrogens is 1. The highest BCUT2D eigenvalue weighted by atomic mass is 32.2. The minimum Gasteiger partial charge on any atom is -0.311 e. The van der Waals surface area contributed by atoms with Crippen LogP contribution in [0.5, 0.6) is 0 Å². The van der Waals surface area contributed by atoms with Crippen molar-refractivity contribution in [3.05, 3.63) is 79.0 Å². The van der Waals surface area contributed by atoms with E-state index in [9.17, 15) is 4.79 Å². The van der Waals surface area contributed by atoms with Crippen LogP contribution in [0.3, 0.4) is 0 Å². The molecule has 0 aliphatic carbocycles. The molecule has 134 valence electrons. The number of anilines is 1. The maximum atomic E-state index is 13.0. The second-order valence-corrected chi connectivity index (χ2v) is 7.27. The van der Waals surface area contributed by atoms with Crippen molar-refractivity contribution in [1.29, 1.82) is 0 Å². The van der Waals surface area contributed by atoms with Gasteiger partial charge in [-0.05, 0) is 30.5 Å². The zero-order valence-electron chi connectivity index (χ0n) is 15.1. The molecule has 1 heterocycles. The van der Waals surface area contributed by atoms with E-state index in [2.05, 4.69) is 23.2 Å². The molecule has 0 aliphatic rings. The van der Waals surface area contributed by atoms with Crippen LogP contribution in [-0.4, -0.2) is 23.2 Å². The number of para-hydroxylation sites is 1. The molecule has 0 atom stereocenters. The van der Waals surface area contributed by atoms with Crippen molar-refractivity contribution in [2.75, 3.05) is 17.2 Å². The summed E-state index contributed by atoms with van der Waals surface area (Å²) in [5, 5.41) is 3.34. The number of hydrogen-bond donors (Lipinski definition) is 0. The van der Waals surface area contributed by atoms with E-state index in [-0.39, 0.29) is 5.91 Å². The molecule has 3 aromatic carbocycles. The van der Waals surface area contributed by atoms with Gasteiger partial charge in [0.15, 0.2) is 0 Å². The van der Waals surface area contributed by atoms with Crippen molar-refractivity contribution in [3.63, 3.8) is 0 Å². The first-order chi connectivity index (χ1) is 13.3. The Morgan fingerprint density at radius 1 is 0.926 bits per heavy atom. The van der Waals surface area contributed by atoms with Crippen LogP contribution in [0.1, 0.15) is 6.92 Å². The van der Waals surface area contributed by atoms with Gasteiger partial charge in [-0.25, -0.2) is 0 Å². The van der Waals surface area contributed by atoms with E-state index in [0.29, 0.717) is 12.3 Å². The molecule has 4 aromatic rings. The number of thioether (sulfide) groups is 1. The molecule has 0 N–H and O–H groups in total. The average molecular weight is 372 g/mol. The molecule has 0 radical (unpaired) electrons. The van der Waals surface area contributed by atoms with E-state index in [1.165, 1.54) is 0 Å². The molecular formula is C23H20N2OS. The molecule has 27 heavy (non-hydrogen) atoms. The maximum Gasteiger partial charge on any atom is 0.237 e. The van der Waals surface area contributed by atoms with E-state index in [1.54, 1.807) is 18.0 Å². The zero-order chi connectivity index (χ0) is 18.6. The van der Waals surface area contributed by atoms with Gasteiger partial charge in [0.25, 0.3) is 0 Å². The lowest BCUT2D eigenvalue weighted by Crippen LogP contribution is -2.32. The van der Waals surface area contributed by atoms with Gasteiger partial charge in [-0.2, -0.15) is 0 Å². The van der Waals surface area contributed by atoms with E-state index in [0.717, 1.165) is 32.3 Å². The molecule has 0 fully saturated rings. The van der Waals surface area contributed by atoms with E-state index >= 15 is 0 Å². The lowest BCUT2D eigenvalue weighted by atomic mass is 10.1. The van der Waals surface area contributed by atoms with E-state index in [1.807, 2.05) is 66.4 Å². The molecule has 0 aliphatic heterocycles. The normalized spacial score (nSPS) is 11.0. The second kappa shape index (κ2) is 7.80. The number of carbonyl (C=O) groups excluding carboxylic acids is 1. The summed E-state index contributed by atoms with van der Waals surface area (Å²) in [4.78, 5) is 20.4. The third-order valence-corrected chi connectivity index (χ3v) is 5.65. The van der Waals surface area contributed by atoms with Crippen molar-refractivity contribution in [1.82, 2.24) is 4.98 Å². The van der Waals surface area contributed by atoms with Gasteiger partial charge < -0.3 is 4.90 Å². The first kappa shape index (κ1) is 17.6. The fraction of sp³-hybridized carbons (Fsp3) is 0.130. The molecule has 0 unspecified atom stereocenters. The molecule has 4 heteroatoms. The highest BCUT2D eigenvalue weighted by molar-refractivity contribution is 8.00. The van der Waals surface area contributed by atoms with E-state index in [4.69, 9.17) is 0 Å². The summed E-state index contributed by atoms with van der Waals surface area (Å²) >= 11 is 1.55. The topological polar surface area (TPSA) is 33.2 Å². The van der Waals surface area contributed by atoms with Gasteiger partial charge in [0.2, 0.25) is 5.91 Å². The fourth-order valence-corrected chi connectivity index (χ4v) is 4.25. The van der Waals surface area contributed by atoms with Gasteiger partial charge in [0.1, 0.15) is 0 Å². The quantitative estimate of drug-likeness (QED) is 0.432. The summed E-state index contributed by atoms with van der Waals surface area (Å²) in [6, 6.07) is 24.4. The van der Waals surface area contributed by atoms with Gasteiger partial charge in [0, 0.05) is 28.4 Å². The first-order valence-electron chi connectivity index (χ1n) is 9.02.